The average molecular weight is 1190 g/mol. The molecular formula is C73H139NO10. The van der Waals surface area contributed by atoms with Crippen molar-refractivity contribution in [2.24, 2.45) is 0 Å². The van der Waals surface area contributed by atoms with E-state index >= 15 is 0 Å². The van der Waals surface area contributed by atoms with Crippen molar-refractivity contribution in [1.29, 1.82) is 0 Å². The largest absolute Gasteiger partial charge is 0.394 e. The van der Waals surface area contributed by atoms with Crippen LogP contribution in [0.5, 0.6) is 0 Å². The van der Waals surface area contributed by atoms with Gasteiger partial charge in [-0.3, -0.25) is 4.79 Å². The number of nitrogens with one attached hydrogen (secondary N) is 1. The maximum absolute atomic E-state index is 13.3. The van der Waals surface area contributed by atoms with Gasteiger partial charge in [0, 0.05) is 0 Å². The molecule has 9 unspecified atom stereocenters. The Bertz CT molecular complexity index is 1460. The minimum Gasteiger partial charge on any atom is -0.394 e. The highest BCUT2D eigenvalue weighted by Gasteiger charge is 2.44. The van der Waals surface area contributed by atoms with Gasteiger partial charge in [0.25, 0.3) is 0 Å². The molecule has 9 atom stereocenters. The molecule has 1 fully saturated rings. The lowest BCUT2D eigenvalue weighted by molar-refractivity contribution is -0.303. The lowest BCUT2D eigenvalue weighted by atomic mass is 9.98. The van der Waals surface area contributed by atoms with Gasteiger partial charge in [0.1, 0.15) is 36.6 Å². The second-order valence-corrected chi connectivity index (χ2v) is 25.6. The SMILES string of the molecule is CCCCCCCCCCCC/C=C/CC/C=C/CC/C=C/CCCC(O)C(O)C(COC1OC(CO)C(O)C(O)C1O)NC(=O)C(O)CCCCCCCCCCCCCCCCCCCCCCCCCCCCCCCCCCCC. The van der Waals surface area contributed by atoms with Crippen molar-refractivity contribution in [3.63, 3.8) is 0 Å². The van der Waals surface area contributed by atoms with Gasteiger partial charge in [0.05, 0.1) is 25.4 Å². The van der Waals surface area contributed by atoms with Gasteiger partial charge in [0.15, 0.2) is 6.29 Å². The van der Waals surface area contributed by atoms with Crippen LogP contribution in [0.4, 0.5) is 0 Å². The molecule has 84 heavy (non-hydrogen) atoms. The number of ether oxygens (including phenoxy) is 2. The molecule has 1 aliphatic heterocycles. The lowest BCUT2D eigenvalue weighted by Gasteiger charge is -2.40. The zero-order valence-corrected chi connectivity index (χ0v) is 54.9. The maximum atomic E-state index is 13.3. The first-order valence-electron chi connectivity index (χ1n) is 36.4. The summed E-state index contributed by atoms with van der Waals surface area (Å²) >= 11 is 0. The van der Waals surface area contributed by atoms with Gasteiger partial charge in [-0.05, 0) is 64.2 Å². The Morgan fingerprint density at radius 3 is 1.06 bits per heavy atom. The van der Waals surface area contributed by atoms with Crippen LogP contribution in [0, 0.1) is 0 Å². The molecule has 0 aromatic heterocycles. The quantitative estimate of drug-likeness (QED) is 0.0215. The van der Waals surface area contributed by atoms with Crippen molar-refractivity contribution in [2.45, 2.75) is 409 Å². The van der Waals surface area contributed by atoms with Gasteiger partial charge >= 0.3 is 0 Å². The van der Waals surface area contributed by atoms with Gasteiger partial charge < -0.3 is 50.5 Å². The maximum Gasteiger partial charge on any atom is 0.249 e. The number of rotatable bonds is 64. The Kier molecular flexibility index (Phi) is 58.9. The highest BCUT2D eigenvalue weighted by atomic mass is 16.7. The predicted octanol–water partition coefficient (Wildman–Crippen LogP) is 17.8. The third-order valence-corrected chi connectivity index (χ3v) is 17.7. The molecule has 0 saturated carbocycles. The third kappa shape index (κ3) is 48.3. The molecule has 0 spiro atoms. The topological polar surface area (TPSA) is 189 Å². The Morgan fingerprint density at radius 2 is 0.714 bits per heavy atom. The summed E-state index contributed by atoms with van der Waals surface area (Å²) in [5.41, 5.74) is 0. The van der Waals surface area contributed by atoms with E-state index in [1.165, 1.54) is 263 Å². The van der Waals surface area contributed by atoms with Crippen LogP contribution in [0.15, 0.2) is 36.5 Å². The van der Waals surface area contributed by atoms with Crippen molar-refractivity contribution in [3.05, 3.63) is 36.5 Å². The molecule has 496 valence electrons. The molecule has 0 aromatic carbocycles. The molecule has 8 N–H and O–H groups in total. The number of carbonyl (C=O) groups excluding carboxylic acids is 1. The molecule has 1 heterocycles. The molecule has 0 radical (unpaired) electrons. The molecule has 0 aliphatic carbocycles. The highest BCUT2D eigenvalue weighted by molar-refractivity contribution is 5.80. The van der Waals surface area contributed by atoms with Gasteiger partial charge in [-0.15, -0.1) is 0 Å². The van der Waals surface area contributed by atoms with Crippen LogP contribution in [-0.2, 0) is 14.3 Å². The van der Waals surface area contributed by atoms with E-state index in [-0.39, 0.29) is 12.8 Å². The van der Waals surface area contributed by atoms with E-state index in [9.17, 15) is 40.5 Å². The fraction of sp³-hybridized carbons (Fsp3) is 0.904. The van der Waals surface area contributed by atoms with E-state index in [2.05, 4.69) is 55.6 Å². The zero-order chi connectivity index (χ0) is 61.0. The summed E-state index contributed by atoms with van der Waals surface area (Å²) in [4.78, 5) is 13.3. The number of allylic oxidation sites excluding steroid dienone is 6. The summed E-state index contributed by atoms with van der Waals surface area (Å²) in [6.45, 7) is 3.49. The van der Waals surface area contributed by atoms with Crippen LogP contribution in [0.25, 0.3) is 0 Å². The van der Waals surface area contributed by atoms with Crippen LogP contribution < -0.4 is 5.32 Å². The smallest absolute Gasteiger partial charge is 0.249 e. The average Bonchev–Trinajstić information content (AvgIpc) is 3.66. The number of amides is 1. The van der Waals surface area contributed by atoms with Crippen LogP contribution in [0.3, 0.4) is 0 Å². The molecule has 11 heteroatoms. The minimum atomic E-state index is -1.67. The third-order valence-electron chi connectivity index (χ3n) is 17.7. The zero-order valence-electron chi connectivity index (χ0n) is 54.9. The summed E-state index contributed by atoms with van der Waals surface area (Å²) in [5, 5.41) is 76.5. The first kappa shape index (κ1) is 80.3. The summed E-state index contributed by atoms with van der Waals surface area (Å²) in [6, 6.07) is -1.19. The van der Waals surface area contributed by atoms with Gasteiger partial charge in [0.2, 0.25) is 5.91 Å². The second-order valence-electron chi connectivity index (χ2n) is 25.6. The second kappa shape index (κ2) is 61.6. The highest BCUT2D eigenvalue weighted by Crippen LogP contribution is 2.24. The van der Waals surface area contributed by atoms with Crippen molar-refractivity contribution in [2.75, 3.05) is 13.2 Å². The molecule has 1 aliphatic rings. The standard InChI is InChI=1S/C73H139NO10/c1-3-5-7-9-11-13-15-17-19-21-23-25-27-28-29-30-31-32-33-34-35-36-37-39-41-43-45-47-49-51-53-55-57-59-61-66(77)72(82)74-64(63-83-73-71(81)70(80)69(79)67(62-75)84-73)68(78)65(76)60-58-56-54-52-50-48-46-44-42-40-38-26-24-22-20-18-16-14-12-10-8-6-4-2/h26,38,44,46,52,54,64-71,73,75-81H,3-25,27-37,39-43,45,47-51,53,55-63H2,1-2H3,(H,74,82)/b38-26+,46-44+,54-52+. The number of carbonyl (C=O) groups is 1. The van der Waals surface area contributed by atoms with Gasteiger partial charge in [-0.2, -0.15) is 0 Å². The van der Waals surface area contributed by atoms with E-state index < -0.39 is 74.2 Å². The van der Waals surface area contributed by atoms with Gasteiger partial charge in [-0.25, -0.2) is 0 Å². The molecule has 11 nitrogen and oxygen atoms in total. The van der Waals surface area contributed by atoms with Crippen LogP contribution in [0.2, 0.25) is 0 Å². The number of unbranched alkanes of at least 4 members (excludes halogenated alkanes) is 46. The Morgan fingerprint density at radius 1 is 0.405 bits per heavy atom. The van der Waals surface area contributed by atoms with Crippen LogP contribution in [-0.4, -0.2) is 110 Å². The summed E-state index contributed by atoms with van der Waals surface area (Å²) in [6.07, 6.45) is 68.2. The molecule has 1 rings (SSSR count). The van der Waals surface area contributed by atoms with E-state index in [1.807, 2.05) is 0 Å². The van der Waals surface area contributed by atoms with Crippen molar-refractivity contribution in [3.8, 4) is 0 Å². The Balaban J connectivity index is 2.18. The summed E-state index contributed by atoms with van der Waals surface area (Å²) in [5.74, 6) is -0.706. The number of aliphatic hydroxyl groups excluding tert-OH is 7. The summed E-state index contributed by atoms with van der Waals surface area (Å²) < 4.78 is 11.2. The Hall–Kier alpha value is -1.67. The van der Waals surface area contributed by atoms with E-state index in [1.54, 1.807) is 0 Å². The van der Waals surface area contributed by atoms with Crippen LogP contribution in [0.1, 0.15) is 354 Å². The predicted molar refractivity (Wildman–Crippen MR) is 353 cm³/mol. The molecule has 1 amide bonds. The number of aliphatic hydroxyl groups is 7. The van der Waals surface area contributed by atoms with E-state index in [4.69, 9.17) is 9.47 Å². The van der Waals surface area contributed by atoms with Crippen molar-refractivity contribution in [1.82, 2.24) is 5.32 Å². The van der Waals surface area contributed by atoms with E-state index in [0.717, 1.165) is 44.9 Å². The number of hydrogen-bond donors (Lipinski definition) is 8. The van der Waals surface area contributed by atoms with Gasteiger partial charge in [-0.1, -0.05) is 326 Å². The minimum absolute atomic E-state index is 0.243. The monoisotopic (exact) mass is 1190 g/mol. The van der Waals surface area contributed by atoms with Crippen molar-refractivity contribution >= 4 is 5.91 Å². The molecule has 1 saturated heterocycles. The first-order chi connectivity index (χ1) is 41.2. The molecule has 0 bridgehead atoms. The van der Waals surface area contributed by atoms with Crippen molar-refractivity contribution < 1.29 is 50.0 Å². The molecular weight excluding hydrogens is 1050 g/mol. The van der Waals surface area contributed by atoms with Crippen LogP contribution >= 0.6 is 0 Å². The number of hydrogen-bond acceptors (Lipinski definition) is 10. The summed E-state index contributed by atoms with van der Waals surface area (Å²) in [7, 11) is 0. The van der Waals surface area contributed by atoms with E-state index in [0.29, 0.717) is 19.3 Å². The lowest BCUT2D eigenvalue weighted by Crippen LogP contribution is -2.60. The normalized spacial score (nSPS) is 19.1. The molecule has 0 aromatic rings. The fourth-order valence-corrected chi connectivity index (χ4v) is 11.8. The fourth-order valence-electron chi connectivity index (χ4n) is 11.8. The Labute approximate surface area is 517 Å². The first-order valence-corrected chi connectivity index (χ1v) is 36.4.